The van der Waals surface area contributed by atoms with E-state index in [4.69, 9.17) is 5.11 Å². The first-order valence-corrected chi connectivity index (χ1v) is 4.53. The van der Waals surface area contributed by atoms with Crippen LogP contribution in [0.4, 0.5) is 4.79 Å². The molecule has 1 aliphatic heterocycles. The zero-order chi connectivity index (χ0) is 10.8. The monoisotopic (exact) mass is 206 g/mol. The maximum atomic E-state index is 10.9. The summed E-state index contributed by atoms with van der Waals surface area (Å²) in [6, 6.07) is 6.41. The van der Waals surface area contributed by atoms with Crippen molar-refractivity contribution in [3.8, 4) is 5.75 Å². The van der Waals surface area contributed by atoms with E-state index in [9.17, 15) is 9.90 Å². The fourth-order valence-corrected chi connectivity index (χ4v) is 1.53. The maximum absolute atomic E-state index is 10.9. The Kier molecular flexibility index (Phi) is 2.29. The van der Waals surface area contributed by atoms with E-state index in [1.54, 1.807) is 12.1 Å². The summed E-state index contributed by atoms with van der Waals surface area (Å²) >= 11 is 0. The Balaban J connectivity index is 2.35. The molecule has 5 nitrogen and oxygen atoms in total. The topological polar surface area (TPSA) is 73.1 Å². The molecule has 15 heavy (non-hydrogen) atoms. The third kappa shape index (κ3) is 1.76. The second-order valence-electron chi connectivity index (χ2n) is 3.19. The van der Waals surface area contributed by atoms with Crippen molar-refractivity contribution in [1.29, 1.82) is 0 Å². The first-order valence-electron chi connectivity index (χ1n) is 4.53. The van der Waals surface area contributed by atoms with E-state index >= 15 is 0 Å². The maximum Gasteiger partial charge on any atom is 0.413 e. The number of carboxylic acid groups (broad SMARTS) is 1. The van der Waals surface area contributed by atoms with Crippen LogP contribution in [0.1, 0.15) is 5.56 Å². The molecule has 0 unspecified atom stereocenters. The van der Waals surface area contributed by atoms with Crippen molar-refractivity contribution in [3.05, 3.63) is 29.8 Å². The minimum Gasteiger partial charge on any atom is -0.508 e. The van der Waals surface area contributed by atoms with Crippen molar-refractivity contribution in [2.45, 2.75) is 0 Å². The molecule has 0 atom stereocenters. The Morgan fingerprint density at radius 1 is 1.47 bits per heavy atom. The number of hydrogen-bond donors (Lipinski definition) is 2. The molecular formula is C10H10N2O3. The number of amidine groups is 1. The van der Waals surface area contributed by atoms with Crippen molar-refractivity contribution >= 4 is 11.9 Å². The van der Waals surface area contributed by atoms with E-state index < -0.39 is 6.09 Å². The third-order valence-corrected chi connectivity index (χ3v) is 2.18. The zero-order valence-corrected chi connectivity index (χ0v) is 7.92. The number of phenols is 1. The fourth-order valence-electron chi connectivity index (χ4n) is 1.53. The second-order valence-corrected chi connectivity index (χ2v) is 3.19. The van der Waals surface area contributed by atoms with E-state index in [0.29, 0.717) is 24.5 Å². The standard InChI is InChI=1S/C10H10N2O3/c13-8-3-1-2-7(6-8)9-11-4-5-12(9)10(14)15/h1-3,6,13H,4-5H2,(H,14,15). The highest BCUT2D eigenvalue weighted by atomic mass is 16.4. The number of rotatable bonds is 1. The molecule has 1 heterocycles. The van der Waals surface area contributed by atoms with Gasteiger partial charge in [0.15, 0.2) is 0 Å². The number of benzene rings is 1. The van der Waals surface area contributed by atoms with Crippen LogP contribution in [0.5, 0.6) is 5.75 Å². The molecule has 0 saturated heterocycles. The SMILES string of the molecule is O=C(O)N1CCN=C1c1cccc(O)c1. The van der Waals surface area contributed by atoms with Crippen LogP contribution in [-0.2, 0) is 0 Å². The predicted molar refractivity (Wildman–Crippen MR) is 54.2 cm³/mol. The average molecular weight is 206 g/mol. The quantitative estimate of drug-likeness (QED) is 0.723. The van der Waals surface area contributed by atoms with Crippen LogP contribution in [0, 0.1) is 0 Å². The largest absolute Gasteiger partial charge is 0.508 e. The second kappa shape index (κ2) is 3.61. The van der Waals surface area contributed by atoms with Gasteiger partial charge in [-0.2, -0.15) is 0 Å². The van der Waals surface area contributed by atoms with E-state index in [2.05, 4.69) is 4.99 Å². The average Bonchev–Trinajstić information content (AvgIpc) is 2.65. The van der Waals surface area contributed by atoms with Gasteiger partial charge in [-0.1, -0.05) is 12.1 Å². The Morgan fingerprint density at radius 2 is 2.27 bits per heavy atom. The van der Waals surface area contributed by atoms with Gasteiger partial charge in [0.2, 0.25) is 0 Å². The summed E-state index contributed by atoms with van der Waals surface area (Å²) in [5, 5.41) is 18.2. The van der Waals surface area contributed by atoms with Crippen molar-refractivity contribution in [1.82, 2.24) is 4.90 Å². The van der Waals surface area contributed by atoms with Crippen LogP contribution < -0.4 is 0 Å². The van der Waals surface area contributed by atoms with Gasteiger partial charge in [0.05, 0.1) is 13.1 Å². The molecule has 0 bridgehead atoms. The molecule has 0 aliphatic carbocycles. The summed E-state index contributed by atoms with van der Waals surface area (Å²) in [5.74, 6) is 0.505. The summed E-state index contributed by atoms with van der Waals surface area (Å²) in [5.41, 5.74) is 0.620. The summed E-state index contributed by atoms with van der Waals surface area (Å²) < 4.78 is 0. The number of aromatic hydroxyl groups is 1. The Labute approximate surface area is 86.3 Å². The highest BCUT2D eigenvalue weighted by Gasteiger charge is 2.24. The molecule has 2 rings (SSSR count). The molecule has 0 radical (unpaired) electrons. The summed E-state index contributed by atoms with van der Waals surface area (Å²) in [6.07, 6.45) is -1.02. The Bertz CT molecular complexity index is 428. The fraction of sp³-hybridized carbons (Fsp3) is 0.200. The Hall–Kier alpha value is -2.04. The number of nitrogens with zero attached hydrogens (tertiary/aromatic N) is 2. The van der Waals surface area contributed by atoms with Crippen molar-refractivity contribution in [3.63, 3.8) is 0 Å². The summed E-state index contributed by atoms with van der Waals surface area (Å²) in [4.78, 5) is 16.1. The molecule has 0 aromatic heterocycles. The lowest BCUT2D eigenvalue weighted by Crippen LogP contribution is -2.33. The lowest BCUT2D eigenvalue weighted by Gasteiger charge is -2.14. The highest BCUT2D eigenvalue weighted by Crippen LogP contribution is 2.16. The van der Waals surface area contributed by atoms with Gasteiger partial charge < -0.3 is 10.2 Å². The van der Waals surface area contributed by atoms with Gasteiger partial charge in [0.1, 0.15) is 11.6 Å². The number of aliphatic imine (C=N–C) groups is 1. The van der Waals surface area contributed by atoms with Crippen LogP contribution in [0.2, 0.25) is 0 Å². The van der Waals surface area contributed by atoms with Crippen LogP contribution in [0.15, 0.2) is 29.3 Å². The molecule has 0 fully saturated rings. The van der Waals surface area contributed by atoms with E-state index in [1.807, 2.05) is 0 Å². The minimum absolute atomic E-state index is 0.104. The molecule has 1 aromatic carbocycles. The van der Waals surface area contributed by atoms with E-state index in [1.165, 1.54) is 17.0 Å². The first-order chi connectivity index (χ1) is 7.18. The molecule has 1 aromatic rings. The molecule has 78 valence electrons. The van der Waals surface area contributed by atoms with Gasteiger partial charge in [0.25, 0.3) is 0 Å². The van der Waals surface area contributed by atoms with Crippen LogP contribution in [0.25, 0.3) is 0 Å². The molecule has 1 aliphatic rings. The van der Waals surface area contributed by atoms with Crippen molar-refractivity contribution in [2.75, 3.05) is 13.1 Å². The van der Waals surface area contributed by atoms with Gasteiger partial charge in [0, 0.05) is 5.56 Å². The number of carbonyl (C=O) groups is 1. The van der Waals surface area contributed by atoms with Gasteiger partial charge in [-0.3, -0.25) is 9.89 Å². The lowest BCUT2D eigenvalue weighted by atomic mass is 10.2. The molecule has 2 N–H and O–H groups in total. The molecule has 0 spiro atoms. The first kappa shape index (κ1) is 9.51. The van der Waals surface area contributed by atoms with Gasteiger partial charge in [-0.25, -0.2) is 4.79 Å². The normalized spacial score (nSPS) is 15.2. The van der Waals surface area contributed by atoms with Crippen LogP contribution in [0.3, 0.4) is 0 Å². The van der Waals surface area contributed by atoms with Gasteiger partial charge >= 0.3 is 6.09 Å². The van der Waals surface area contributed by atoms with Crippen molar-refractivity contribution in [2.24, 2.45) is 4.99 Å². The number of phenolic OH excluding ortho intramolecular Hbond substituents is 1. The third-order valence-electron chi connectivity index (χ3n) is 2.18. The predicted octanol–water partition coefficient (Wildman–Crippen LogP) is 1.13. The Morgan fingerprint density at radius 3 is 2.93 bits per heavy atom. The number of hydrogen-bond acceptors (Lipinski definition) is 3. The molecule has 5 heteroatoms. The van der Waals surface area contributed by atoms with E-state index in [-0.39, 0.29) is 5.75 Å². The van der Waals surface area contributed by atoms with Crippen LogP contribution in [-0.4, -0.2) is 40.1 Å². The van der Waals surface area contributed by atoms with Crippen LogP contribution >= 0.6 is 0 Å². The number of amides is 1. The van der Waals surface area contributed by atoms with Gasteiger partial charge in [-0.05, 0) is 12.1 Å². The highest BCUT2D eigenvalue weighted by molar-refractivity contribution is 6.07. The lowest BCUT2D eigenvalue weighted by molar-refractivity contribution is 0.172. The smallest absolute Gasteiger partial charge is 0.413 e. The van der Waals surface area contributed by atoms with Crippen molar-refractivity contribution < 1.29 is 15.0 Å². The zero-order valence-electron chi connectivity index (χ0n) is 7.92. The summed E-state index contributed by atoms with van der Waals surface area (Å²) in [6.45, 7) is 0.845. The molecular weight excluding hydrogens is 196 g/mol. The molecule has 1 amide bonds. The minimum atomic E-state index is -1.02. The van der Waals surface area contributed by atoms with E-state index in [0.717, 1.165) is 0 Å². The summed E-state index contributed by atoms with van der Waals surface area (Å²) in [7, 11) is 0. The van der Waals surface area contributed by atoms with Gasteiger partial charge in [-0.15, -0.1) is 0 Å². The molecule has 0 saturated carbocycles.